The standard InChI is InChI=1S/C15H15IN6O3/c1-7-9(12(23)20-14-19-8(2)21-25-14)10-11(17-6-18-13(10)24-7)22(16)15(3)4-5-15/h6H,4-5H2,1-3H3,(H,19,20,21,23). The molecule has 25 heavy (non-hydrogen) atoms. The molecule has 4 rings (SSSR count). The first-order valence-electron chi connectivity index (χ1n) is 7.71. The van der Waals surface area contributed by atoms with Gasteiger partial charge in [0.05, 0.1) is 33.8 Å². The van der Waals surface area contributed by atoms with Gasteiger partial charge in [-0.05, 0) is 33.6 Å². The average Bonchev–Trinajstić information content (AvgIpc) is 3.03. The number of hydrogen-bond donors (Lipinski definition) is 1. The molecule has 0 spiro atoms. The number of rotatable bonds is 4. The Morgan fingerprint density at radius 2 is 2.12 bits per heavy atom. The molecule has 3 heterocycles. The molecule has 130 valence electrons. The Balaban J connectivity index is 1.80. The Bertz CT molecular complexity index is 977. The molecule has 1 amide bonds. The van der Waals surface area contributed by atoms with E-state index in [9.17, 15) is 4.79 Å². The van der Waals surface area contributed by atoms with Crippen molar-refractivity contribution in [3.05, 3.63) is 23.5 Å². The van der Waals surface area contributed by atoms with Gasteiger partial charge in [0, 0.05) is 5.54 Å². The van der Waals surface area contributed by atoms with Gasteiger partial charge in [-0.3, -0.25) is 13.2 Å². The van der Waals surface area contributed by atoms with Gasteiger partial charge in [0.25, 0.3) is 5.91 Å². The lowest BCUT2D eigenvalue weighted by Crippen LogP contribution is -2.26. The highest BCUT2D eigenvalue weighted by Gasteiger charge is 2.44. The molecule has 10 heteroatoms. The van der Waals surface area contributed by atoms with Crippen molar-refractivity contribution in [3.8, 4) is 0 Å². The Labute approximate surface area is 156 Å². The zero-order valence-electron chi connectivity index (χ0n) is 13.8. The van der Waals surface area contributed by atoms with Crippen LogP contribution in [-0.4, -0.2) is 31.6 Å². The van der Waals surface area contributed by atoms with Crippen LogP contribution in [0.3, 0.4) is 0 Å². The van der Waals surface area contributed by atoms with Crippen LogP contribution in [0.5, 0.6) is 0 Å². The van der Waals surface area contributed by atoms with E-state index in [-0.39, 0.29) is 11.6 Å². The lowest BCUT2D eigenvalue weighted by atomic mass is 10.1. The van der Waals surface area contributed by atoms with Crippen LogP contribution in [0, 0.1) is 13.8 Å². The van der Waals surface area contributed by atoms with Gasteiger partial charge in [-0.25, -0.2) is 9.97 Å². The highest BCUT2D eigenvalue weighted by atomic mass is 127. The number of fused-ring (bicyclic) bond motifs is 1. The number of carbonyl (C=O) groups is 1. The summed E-state index contributed by atoms with van der Waals surface area (Å²) in [6.45, 7) is 5.55. The van der Waals surface area contributed by atoms with Crippen molar-refractivity contribution in [3.63, 3.8) is 0 Å². The van der Waals surface area contributed by atoms with Crippen molar-refractivity contribution in [2.45, 2.75) is 39.2 Å². The van der Waals surface area contributed by atoms with Crippen LogP contribution in [-0.2, 0) is 0 Å². The molecule has 1 aliphatic rings. The molecule has 0 radical (unpaired) electrons. The normalized spacial score (nSPS) is 15.4. The third-order valence-corrected chi connectivity index (χ3v) is 5.87. The quantitative estimate of drug-likeness (QED) is 0.473. The summed E-state index contributed by atoms with van der Waals surface area (Å²) in [6.07, 6.45) is 3.59. The Morgan fingerprint density at radius 3 is 2.76 bits per heavy atom. The van der Waals surface area contributed by atoms with Crippen molar-refractivity contribution in [2.24, 2.45) is 0 Å². The monoisotopic (exact) mass is 454 g/mol. The van der Waals surface area contributed by atoms with Crippen LogP contribution in [0.4, 0.5) is 11.8 Å². The third-order valence-electron chi connectivity index (χ3n) is 4.25. The maximum Gasteiger partial charge on any atom is 0.328 e. The Morgan fingerprint density at radius 1 is 1.36 bits per heavy atom. The maximum atomic E-state index is 12.8. The van der Waals surface area contributed by atoms with Crippen molar-refractivity contribution in [1.29, 1.82) is 0 Å². The number of nitrogens with one attached hydrogen (secondary N) is 1. The number of aromatic nitrogens is 4. The van der Waals surface area contributed by atoms with Gasteiger partial charge in [-0.1, -0.05) is 5.16 Å². The number of halogens is 1. The van der Waals surface area contributed by atoms with Gasteiger partial charge < -0.3 is 8.94 Å². The molecule has 1 saturated carbocycles. The summed E-state index contributed by atoms with van der Waals surface area (Å²) in [7, 11) is 0. The molecule has 1 N–H and O–H groups in total. The number of carbonyl (C=O) groups excluding carboxylic acids is 1. The molecular formula is C15H15IN6O3. The number of amides is 1. The van der Waals surface area contributed by atoms with E-state index in [0.717, 1.165) is 12.8 Å². The predicted molar refractivity (Wildman–Crippen MR) is 97.7 cm³/mol. The number of aryl methyl sites for hydroxylation is 2. The van der Waals surface area contributed by atoms with Crippen LogP contribution in [0.15, 0.2) is 15.3 Å². The average molecular weight is 454 g/mol. The van der Waals surface area contributed by atoms with Gasteiger partial charge in [0.15, 0.2) is 11.6 Å². The predicted octanol–water partition coefficient (Wildman–Crippen LogP) is 3.18. The first-order valence-corrected chi connectivity index (χ1v) is 8.67. The second-order valence-electron chi connectivity index (χ2n) is 6.29. The first-order chi connectivity index (χ1) is 11.9. The topological polar surface area (TPSA) is 110 Å². The van der Waals surface area contributed by atoms with Gasteiger partial charge >= 0.3 is 6.01 Å². The minimum atomic E-state index is -0.401. The summed E-state index contributed by atoms with van der Waals surface area (Å²) in [5.41, 5.74) is 0.775. The molecule has 3 aromatic heterocycles. The van der Waals surface area contributed by atoms with Crippen LogP contribution in [0.25, 0.3) is 11.1 Å². The Hall–Kier alpha value is -2.24. The molecule has 1 aliphatic carbocycles. The molecule has 0 aromatic carbocycles. The number of anilines is 2. The van der Waals surface area contributed by atoms with Crippen LogP contribution in [0.2, 0.25) is 0 Å². The summed E-state index contributed by atoms with van der Waals surface area (Å²) in [6, 6.07) is 0.0372. The molecule has 0 aliphatic heterocycles. The van der Waals surface area contributed by atoms with Crippen LogP contribution in [0.1, 0.15) is 41.7 Å². The van der Waals surface area contributed by atoms with Crippen molar-refractivity contribution in [2.75, 3.05) is 8.43 Å². The van der Waals surface area contributed by atoms with Crippen LogP contribution < -0.4 is 8.43 Å². The maximum absolute atomic E-state index is 12.8. The van der Waals surface area contributed by atoms with Gasteiger partial charge in [-0.15, -0.1) is 0 Å². The summed E-state index contributed by atoms with van der Waals surface area (Å²) in [4.78, 5) is 25.3. The molecule has 0 unspecified atom stereocenters. The lowest BCUT2D eigenvalue weighted by Gasteiger charge is -2.23. The smallest absolute Gasteiger partial charge is 0.328 e. The van der Waals surface area contributed by atoms with Crippen molar-refractivity contribution >= 4 is 51.7 Å². The second-order valence-corrected chi connectivity index (χ2v) is 7.25. The zero-order valence-corrected chi connectivity index (χ0v) is 16.0. The number of nitrogens with zero attached hydrogens (tertiary/aromatic N) is 5. The first kappa shape index (κ1) is 16.2. The fourth-order valence-corrected chi connectivity index (χ4v) is 3.44. The Kier molecular flexibility index (Phi) is 3.67. The van der Waals surface area contributed by atoms with E-state index >= 15 is 0 Å². The SMILES string of the molecule is Cc1noc(NC(=O)c2c(C)oc3ncnc(N(I)C4(C)CC4)c23)n1. The van der Waals surface area contributed by atoms with Crippen LogP contribution >= 0.6 is 22.9 Å². The van der Waals surface area contributed by atoms with E-state index in [1.54, 1.807) is 13.8 Å². The zero-order chi connectivity index (χ0) is 17.8. The number of furan rings is 1. The van der Waals surface area contributed by atoms with E-state index in [2.05, 4.69) is 58.3 Å². The lowest BCUT2D eigenvalue weighted by molar-refractivity contribution is 0.102. The summed E-state index contributed by atoms with van der Waals surface area (Å²) < 4.78 is 12.7. The fourth-order valence-electron chi connectivity index (χ4n) is 2.59. The minimum Gasteiger partial charge on any atom is -0.442 e. The van der Waals surface area contributed by atoms with E-state index in [1.807, 2.05) is 0 Å². The molecule has 0 bridgehead atoms. The molecule has 0 saturated heterocycles. The van der Waals surface area contributed by atoms with Gasteiger partial charge in [-0.2, -0.15) is 4.98 Å². The van der Waals surface area contributed by atoms with Crippen molar-refractivity contribution in [1.82, 2.24) is 20.1 Å². The third kappa shape index (κ3) is 2.73. The second kappa shape index (κ2) is 5.64. The van der Waals surface area contributed by atoms with Gasteiger partial charge in [0.1, 0.15) is 12.1 Å². The summed E-state index contributed by atoms with van der Waals surface area (Å²) in [5.74, 6) is 1.15. The number of hydrogen-bond acceptors (Lipinski definition) is 8. The largest absolute Gasteiger partial charge is 0.442 e. The molecule has 3 aromatic rings. The van der Waals surface area contributed by atoms with Crippen molar-refractivity contribution < 1.29 is 13.7 Å². The van der Waals surface area contributed by atoms with E-state index < -0.39 is 5.91 Å². The van der Waals surface area contributed by atoms with E-state index in [0.29, 0.717) is 34.1 Å². The highest BCUT2D eigenvalue weighted by Crippen LogP contribution is 2.47. The molecule has 1 fully saturated rings. The van der Waals surface area contributed by atoms with Gasteiger partial charge in [0.2, 0.25) is 5.71 Å². The fraction of sp³-hybridized carbons (Fsp3) is 0.400. The van der Waals surface area contributed by atoms with E-state index in [4.69, 9.17) is 8.94 Å². The summed E-state index contributed by atoms with van der Waals surface area (Å²) in [5, 5.41) is 6.85. The minimum absolute atomic E-state index is 0.0321. The van der Waals surface area contributed by atoms with E-state index in [1.165, 1.54) is 6.33 Å². The highest BCUT2D eigenvalue weighted by molar-refractivity contribution is 14.1. The molecular weight excluding hydrogens is 439 g/mol. The summed E-state index contributed by atoms with van der Waals surface area (Å²) >= 11 is 2.23. The molecule has 0 atom stereocenters. The molecule has 9 nitrogen and oxygen atoms in total.